The molecule has 2 aromatic heterocycles. The van der Waals surface area contributed by atoms with E-state index in [4.69, 9.17) is 4.42 Å². The van der Waals surface area contributed by atoms with Crippen molar-refractivity contribution in [3.8, 4) is 0 Å². The molecule has 0 aliphatic carbocycles. The third kappa shape index (κ3) is 3.34. The molecule has 0 bridgehead atoms. The zero-order valence-electron chi connectivity index (χ0n) is 10.6. The molecular weight excluding hydrogens is 228 g/mol. The van der Waals surface area contributed by atoms with Crippen molar-refractivity contribution in [3.05, 3.63) is 48.0 Å². The number of hydrogen-bond donors (Lipinski definition) is 2. The van der Waals surface area contributed by atoms with Gasteiger partial charge in [0.1, 0.15) is 17.7 Å². The lowest BCUT2D eigenvalue weighted by Gasteiger charge is -2.17. The summed E-state index contributed by atoms with van der Waals surface area (Å²) < 4.78 is 5.17. The van der Waals surface area contributed by atoms with Crippen LogP contribution in [-0.2, 0) is 0 Å². The summed E-state index contributed by atoms with van der Waals surface area (Å²) in [6.45, 7) is 4.03. The number of aromatic nitrogens is 1. The topological polar surface area (TPSA) is 58.3 Å². The maximum absolute atomic E-state index is 9.96. The Labute approximate surface area is 107 Å². The quantitative estimate of drug-likeness (QED) is 0.851. The van der Waals surface area contributed by atoms with Crippen molar-refractivity contribution in [1.29, 1.82) is 0 Å². The molecule has 2 atom stereocenters. The minimum Gasteiger partial charge on any atom is -0.467 e. The van der Waals surface area contributed by atoms with Gasteiger partial charge in [-0.15, -0.1) is 0 Å². The Morgan fingerprint density at radius 1 is 1.44 bits per heavy atom. The molecule has 0 aliphatic heterocycles. The van der Waals surface area contributed by atoms with Crippen molar-refractivity contribution in [3.63, 3.8) is 0 Å². The minimum atomic E-state index is -0.590. The van der Waals surface area contributed by atoms with Crippen LogP contribution in [0.5, 0.6) is 0 Å². The van der Waals surface area contributed by atoms with E-state index in [9.17, 15) is 5.11 Å². The first-order chi connectivity index (χ1) is 8.65. The summed E-state index contributed by atoms with van der Waals surface area (Å²) in [4.78, 5) is 4.23. The van der Waals surface area contributed by atoms with Crippen LogP contribution in [-0.4, -0.2) is 16.1 Å². The Hall–Kier alpha value is -1.81. The Kier molecular flexibility index (Phi) is 3.99. The number of aliphatic hydroxyl groups excluding tert-OH is 1. The van der Waals surface area contributed by atoms with Crippen molar-refractivity contribution in [2.45, 2.75) is 32.4 Å². The van der Waals surface area contributed by atoms with Crippen LogP contribution >= 0.6 is 0 Å². The van der Waals surface area contributed by atoms with Crippen LogP contribution in [0.3, 0.4) is 0 Å². The number of rotatable bonds is 5. The van der Waals surface area contributed by atoms with Gasteiger partial charge in [-0.1, -0.05) is 0 Å². The second kappa shape index (κ2) is 5.69. The van der Waals surface area contributed by atoms with Gasteiger partial charge in [0.15, 0.2) is 0 Å². The SMILES string of the molecule is Cc1ccnc(N[C@H](C)C[C@H](O)c2ccco2)c1. The molecule has 2 aromatic rings. The normalized spacial score (nSPS) is 14.2. The number of aryl methyl sites for hydroxylation is 1. The monoisotopic (exact) mass is 246 g/mol. The highest BCUT2D eigenvalue weighted by Crippen LogP contribution is 2.20. The second-order valence-corrected chi connectivity index (χ2v) is 4.53. The first-order valence-corrected chi connectivity index (χ1v) is 6.06. The van der Waals surface area contributed by atoms with E-state index in [-0.39, 0.29) is 6.04 Å². The van der Waals surface area contributed by atoms with Gasteiger partial charge in [0, 0.05) is 18.7 Å². The molecule has 2 heterocycles. The van der Waals surface area contributed by atoms with E-state index >= 15 is 0 Å². The molecule has 0 unspecified atom stereocenters. The van der Waals surface area contributed by atoms with Gasteiger partial charge in [-0.25, -0.2) is 4.98 Å². The zero-order valence-corrected chi connectivity index (χ0v) is 10.6. The summed E-state index contributed by atoms with van der Waals surface area (Å²) in [6, 6.07) is 7.60. The predicted octanol–water partition coefficient (Wildman–Crippen LogP) is 2.91. The number of nitrogens with zero attached hydrogens (tertiary/aromatic N) is 1. The molecule has 96 valence electrons. The highest BCUT2D eigenvalue weighted by molar-refractivity contribution is 5.37. The number of pyridine rings is 1. The Bertz CT molecular complexity index is 482. The highest BCUT2D eigenvalue weighted by Gasteiger charge is 2.14. The van der Waals surface area contributed by atoms with E-state index in [0.717, 1.165) is 11.4 Å². The van der Waals surface area contributed by atoms with Crippen molar-refractivity contribution in [2.75, 3.05) is 5.32 Å². The molecular formula is C14H18N2O2. The lowest BCUT2D eigenvalue weighted by atomic mass is 10.1. The van der Waals surface area contributed by atoms with Gasteiger partial charge in [-0.2, -0.15) is 0 Å². The summed E-state index contributed by atoms with van der Waals surface area (Å²) in [5.74, 6) is 1.43. The van der Waals surface area contributed by atoms with Crippen molar-refractivity contribution >= 4 is 5.82 Å². The van der Waals surface area contributed by atoms with E-state index in [1.807, 2.05) is 26.0 Å². The number of aliphatic hydroxyl groups is 1. The molecule has 0 spiro atoms. The number of nitrogens with one attached hydrogen (secondary N) is 1. The molecule has 0 fully saturated rings. The van der Waals surface area contributed by atoms with Crippen molar-refractivity contribution in [2.24, 2.45) is 0 Å². The second-order valence-electron chi connectivity index (χ2n) is 4.53. The number of furan rings is 1. The fraction of sp³-hybridized carbons (Fsp3) is 0.357. The van der Waals surface area contributed by atoms with E-state index in [0.29, 0.717) is 12.2 Å². The lowest BCUT2D eigenvalue weighted by Crippen LogP contribution is -2.19. The van der Waals surface area contributed by atoms with Crippen LogP contribution in [0.4, 0.5) is 5.82 Å². The van der Waals surface area contributed by atoms with Gasteiger partial charge in [-0.3, -0.25) is 0 Å². The summed E-state index contributed by atoms with van der Waals surface area (Å²) in [6.07, 6.45) is 3.32. The molecule has 0 aliphatic rings. The van der Waals surface area contributed by atoms with Gasteiger partial charge in [0.05, 0.1) is 6.26 Å². The molecule has 4 nitrogen and oxygen atoms in total. The molecule has 2 N–H and O–H groups in total. The Morgan fingerprint density at radius 3 is 2.94 bits per heavy atom. The summed E-state index contributed by atoms with van der Waals surface area (Å²) >= 11 is 0. The average Bonchev–Trinajstić information content (AvgIpc) is 2.81. The molecule has 0 aromatic carbocycles. The van der Waals surface area contributed by atoms with Gasteiger partial charge in [0.2, 0.25) is 0 Å². The van der Waals surface area contributed by atoms with Crippen LogP contribution in [0.2, 0.25) is 0 Å². The third-order valence-electron chi connectivity index (χ3n) is 2.76. The highest BCUT2D eigenvalue weighted by atomic mass is 16.4. The average molecular weight is 246 g/mol. The van der Waals surface area contributed by atoms with Crippen LogP contribution < -0.4 is 5.32 Å². The molecule has 0 amide bonds. The summed E-state index contributed by atoms with van der Waals surface area (Å²) in [7, 11) is 0. The minimum absolute atomic E-state index is 0.111. The van der Waals surface area contributed by atoms with Crippen LogP contribution in [0.25, 0.3) is 0 Å². The first-order valence-electron chi connectivity index (χ1n) is 6.06. The van der Waals surface area contributed by atoms with Gasteiger partial charge in [-0.05, 0) is 43.7 Å². The maximum Gasteiger partial charge on any atom is 0.132 e. The van der Waals surface area contributed by atoms with Crippen molar-refractivity contribution < 1.29 is 9.52 Å². The van der Waals surface area contributed by atoms with Crippen LogP contribution in [0, 0.1) is 6.92 Å². The molecule has 2 rings (SSSR count). The third-order valence-corrected chi connectivity index (χ3v) is 2.76. The zero-order chi connectivity index (χ0) is 13.0. The fourth-order valence-corrected chi connectivity index (χ4v) is 1.86. The van der Waals surface area contributed by atoms with Gasteiger partial charge < -0.3 is 14.8 Å². The van der Waals surface area contributed by atoms with E-state index in [1.54, 1.807) is 24.6 Å². The number of hydrogen-bond acceptors (Lipinski definition) is 4. The summed E-state index contributed by atoms with van der Waals surface area (Å²) in [5.41, 5.74) is 1.16. The van der Waals surface area contributed by atoms with Crippen molar-refractivity contribution in [1.82, 2.24) is 4.98 Å². The largest absolute Gasteiger partial charge is 0.467 e. The molecule has 0 radical (unpaired) electrons. The van der Waals surface area contributed by atoms with Crippen LogP contribution in [0.15, 0.2) is 41.1 Å². The first kappa shape index (κ1) is 12.6. The maximum atomic E-state index is 9.96. The van der Waals surface area contributed by atoms with Gasteiger partial charge >= 0.3 is 0 Å². The molecule has 0 saturated carbocycles. The lowest BCUT2D eigenvalue weighted by molar-refractivity contribution is 0.136. The fourth-order valence-electron chi connectivity index (χ4n) is 1.86. The molecule has 4 heteroatoms. The van der Waals surface area contributed by atoms with E-state index in [1.165, 1.54) is 0 Å². The predicted molar refractivity (Wildman–Crippen MR) is 70.3 cm³/mol. The molecule has 0 saturated heterocycles. The smallest absolute Gasteiger partial charge is 0.132 e. The van der Waals surface area contributed by atoms with E-state index < -0.39 is 6.10 Å². The number of anilines is 1. The van der Waals surface area contributed by atoms with Gasteiger partial charge in [0.25, 0.3) is 0 Å². The molecule has 18 heavy (non-hydrogen) atoms. The van der Waals surface area contributed by atoms with E-state index in [2.05, 4.69) is 10.3 Å². The van der Waals surface area contributed by atoms with Crippen LogP contribution in [0.1, 0.15) is 30.8 Å². The summed E-state index contributed by atoms with van der Waals surface area (Å²) in [5, 5.41) is 13.2. The Balaban J connectivity index is 1.91. The Morgan fingerprint density at radius 2 is 2.28 bits per heavy atom. The standard InChI is InChI=1S/C14H18N2O2/c1-10-5-6-15-14(8-10)16-11(2)9-12(17)13-4-3-7-18-13/h3-8,11-12,17H,9H2,1-2H3,(H,15,16)/t11-,12+/m1/s1.